The second kappa shape index (κ2) is 8.71. The molecule has 0 saturated carbocycles. The van der Waals surface area contributed by atoms with Crippen LogP contribution in [0.3, 0.4) is 0 Å². The average molecular weight is 320 g/mol. The van der Waals surface area contributed by atoms with Crippen LogP contribution in [0.25, 0.3) is 0 Å². The smallest absolute Gasteiger partial charge is 0.414 e. The van der Waals surface area contributed by atoms with Gasteiger partial charge >= 0.3 is 6.09 Å². The van der Waals surface area contributed by atoms with Gasteiger partial charge in [0.25, 0.3) is 5.91 Å². The zero-order chi connectivity index (χ0) is 16.5. The molecule has 0 aliphatic heterocycles. The van der Waals surface area contributed by atoms with E-state index in [2.05, 4.69) is 4.74 Å². The number of benzene rings is 1. The lowest BCUT2D eigenvalue weighted by molar-refractivity contribution is -0.116. The highest BCUT2D eigenvalue weighted by molar-refractivity contribution is 7.98. The van der Waals surface area contributed by atoms with Gasteiger partial charge in [0, 0.05) is 11.1 Å². The number of hydrogen-bond donors (Lipinski definition) is 2. The van der Waals surface area contributed by atoms with E-state index in [1.165, 1.54) is 11.8 Å². The Labute approximate surface area is 132 Å². The second-order valence-corrected chi connectivity index (χ2v) is 4.76. The first-order valence-electron chi connectivity index (χ1n) is 6.30. The first kappa shape index (κ1) is 17.6. The Bertz CT molecular complexity index is 625. The number of hydrazine groups is 1. The van der Waals surface area contributed by atoms with Crippen molar-refractivity contribution in [3.05, 3.63) is 36.0 Å². The third-order valence-corrected chi connectivity index (χ3v) is 3.27. The molecule has 0 aliphatic rings. The number of carbonyl (C=O) groups excluding carboxylic acids is 2. The largest absolute Gasteiger partial charge is 0.450 e. The van der Waals surface area contributed by atoms with E-state index in [4.69, 9.17) is 11.1 Å². The zero-order valence-corrected chi connectivity index (χ0v) is 13.0. The molecule has 0 bridgehead atoms. The molecule has 0 aromatic heterocycles. The normalized spacial score (nSPS) is 10.5. The number of ether oxygens (including phenoxy) is 1. The van der Waals surface area contributed by atoms with Crippen LogP contribution in [0.15, 0.2) is 40.9 Å². The molecule has 7 nitrogen and oxygen atoms in total. The van der Waals surface area contributed by atoms with Gasteiger partial charge in [0.2, 0.25) is 0 Å². The lowest BCUT2D eigenvalue weighted by Gasteiger charge is -2.17. The molecule has 0 saturated heterocycles. The fraction of sp³-hybridized carbons (Fsp3) is 0.214. The minimum absolute atomic E-state index is 0.120. The predicted octanol–water partition coefficient (Wildman–Crippen LogP) is 1.77. The standard InChI is InChI=1S/C14H16N4O3S/c1-3-21-14(20)17-13(19)10(8-15)9-18(16)11-6-4-5-7-12(11)22-2/h4-7,9H,3,16H2,1-2H3,(H,17,19,20)/b10-9-. The van der Waals surface area contributed by atoms with Crippen LogP contribution in [-0.2, 0) is 9.53 Å². The minimum Gasteiger partial charge on any atom is -0.450 e. The number of alkyl carbamates (subject to hydrolysis) is 1. The minimum atomic E-state index is -0.915. The summed E-state index contributed by atoms with van der Waals surface area (Å²) in [5.74, 6) is 4.99. The van der Waals surface area contributed by atoms with Crippen LogP contribution in [0.5, 0.6) is 0 Å². The summed E-state index contributed by atoms with van der Waals surface area (Å²) >= 11 is 1.48. The van der Waals surface area contributed by atoms with Crippen LogP contribution in [0.2, 0.25) is 0 Å². The second-order valence-electron chi connectivity index (χ2n) is 3.91. The van der Waals surface area contributed by atoms with Gasteiger partial charge in [0.1, 0.15) is 11.6 Å². The number of para-hydroxylation sites is 1. The van der Waals surface area contributed by atoms with E-state index in [1.54, 1.807) is 25.1 Å². The highest BCUT2D eigenvalue weighted by atomic mass is 32.2. The Hall–Kier alpha value is -2.50. The Balaban J connectivity index is 2.94. The predicted molar refractivity (Wildman–Crippen MR) is 83.8 cm³/mol. The number of anilines is 1. The molecule has 0 fully saturated rings. The number of thioether (sulfide) groups is 1. The molecule has 0 heterocycles. The number of carbonyl (C=O) groups is 2. The molecule has 116 valence electrons. The number of nitrogens with one attached hydrogen (secondary N) is 1. The topological polar surface area (TPSA) is 108 Å². The maximum absolute atomic E-state index is 11.8. The monoisotopic (exact) mass is 320 g/mol. The molecule has 1 aromatic carbocycles. The Morgan fingerprint density at radius 1 is 1.50 bits per heavy atom. The number of hydrogen-bond acceptors (Lipinski definition) is 7. The zero-order valence-electron chi connectivity index (χ0n) is 12.2. The maximum Gasteiger partial charge on any atom is 0.414 e. The van der Waals surface area contributed by atoms with E-state index in [9.17, 15) is 9.59 Å². The fourth-order valence-corrected chi connectivity index (χ4v) is 2.11. The fourth-order valence-electron chi connectivity index (χ4n) is 1.52. The van der Waals surface area contributed by atoms with Crippen molar-refractivity contribution < 1.29 is 14.3 Å². The van der Waals surface area contributed by atoms with Crippen LogP contribution in [0.1, 0.15) is 6.92 Å². The van der Waals surface area contributed by atoms with E-state index in [1.807, 2.05) is 23.7 Å². The molecule has 0 atom stereocenters. The molecule has 1 rings (SSSR count). The van der Waals surface area contributed by atoms with Crippen molar-refractivity contribution in [2.75, 3.05) is 17.9 Å². The van der Waals surface area contributed by atoms with Crippen LogP contribution in [-0.4, -0.2) is 24.9 Å². The van der Waals surface area contributed by atoms with Crippen LogP contribution in [0, 0.1) is 11.3 Å². The quantitative estimate of drug-likeness (QED) is 0.280. The van der Waals surface area contributed by atoms with Crippen LogP contribution in [0.4, 0.5) is 10.5 Å². The van der Waals surface area contributed by atoms with Crippen molar-refractivity contribution in [2.24, 2.45) is 5.84 Å². The molecule has 0 radical (unpaired) electrons. The average Bonchev–Trinajstić information content (AvgIpc) is 2.52. The summed E-state index contributed by atoms with van der Waals surface area (Å²) in [6.45, 7) is 1.72. The summed E-state index contributed by atoms with van der Waals surface area (Å²) in [4.78, 5) is 23.9. The van der Waals surface area contributed by atoms with Crippen molar-refractivity contribution >= 4 is 29.4 Å². The van der Waals surface area contributed by atoms with Gasteiger partial charge in [-0.3, -0.25) is 15.1 Å². The van der Waals surface area contributed by atoms with Gasteiger partial charge in [-0.25, -0.2) is 10.6 Å². The highest BCUT2D eigenvalue weighted by Gasteiger charge is 2.15. The molecular weight excluding hydrogens is 304 g/mol. The molecule has 22 heavy (non-hydrogen) atoms. The number of nitrogens with zero attached hydrogens (tertiary/aromatic N) is 2. The number of imide groups is 1. The van der Waals surface area contributed by atoms with Crippen molar-refractivity contribution in [1.29, 1.82) is 5.26 Å². The number of nitriles is 1. The molecule has 3 N–H and O–H groups in total. The lowest BCUT2D eigenvalue weighted by atomic mass is 10.2. The molecular formula is C14H16N4O3S. The molecule has 2 amide bonds. The summed E-state index contributed by atoms with van der Waals surface area (Å²) in [6, 6.07) is 8.95. The number of nitrogens with two attached hydrogens (primary N) is 1. The molecule has 1 aromatic rings. The van der Waals surface area contributed by atoms with E-state index in [-0.39, 0.29) is 12.2 Å². The van der Waals surface area contributed by atoms with Crippen molar-refractivity contribution in [3.8, 4) is 6.07 Å². The van der Waals surface area contributed by atoms with Crippen molar-refractivity contribution in [3.63, 3.8) is 0 Å². The maximum atomic E-state index is 11.8. The van der Waals surface area contributed by atoms with Gasteiger partial charge in [0.15, 0.2) is 0 Å². The number of rotatable bonds is 5. The summed E-state index contributed by atoms with van der Waals surface area (Å²) < 4.78 is 4.58. The van der Waals surface area contributed by atoms with E-state index < -0.39 is 12.0 Å². The molecule has 0 spiro atoms. The Kier molecular flexibility index (Phi) is 6.95. The highest BCUT2D eigenvalue weighted by Crippen LogP contribution is 2.27. The van der Waals surface area contributed by atoms with Gasteiger partial charge in [-0.05, 0) is 25.3 Å². The molecule has 8 heteroatoms. The number of amides is 2. The van der Waals surface area contributed by atoms with Crippen LogP contribution >= 0.6 is 11.8 Å². The third-order valence-electron chi connectivity index (χ3n) is 2.49. The first-order chi connectivity index (χ1) is 10.5. The first-order valence-corrected chi connectivity index (χ1v) is 7.52. The summed E-state index contributed by atoms with van der Waals surface area (Å²) in [6.07, 6.45) is 2.13. The SMILES string of the molecule is CCOC(=O)NC(=O)/C(C#N)=C\N(N)c1ccccc1SC. The molecule has 0 aliphatic carbocycles. The third kappa shape index (κ3) is 4.80. The van der Waals surface area contributed by atoms with Gasteiger partial charge in [0.05, 0.1) is 12.3 Å². The van der Waals surface area contributed by atoms with E-state index in [0.29, 0.717) is 5.69 Å². The van der Waals surface area contributed by atoms with Crippen molar-refractivity contribution in [2.45, 2.75) is 11.8 Å². The summed E-state index contributed by atoms with van der Waals surface area (Å²) in [5, 5.41) is 12.1. The van der Waals surface area contributed by atoms with Gasteiger partial charge < -0.3 is 4.74 Å². The summed E-state index contributed by atoms with van der Waals surface area (Å²) in [5.41, 5.74) is 0.318. The van der Waals surface area contributed by atoms with Gasteiger partial charge in [-0.2, -0.15) is 5.26 Å². The van der Waals surface area contributed by atoms with E-state index in [0.717, 1.165) is 16.1 Å². The van der Waals surface area contributed by atoms with Gasteiger partial charge in [-0.1, -0.05) is 12.1 Å². The molecule has 0 unspecified atom stereocenters. The summed E-state index contributed by atoms with van der Waals surface area (Å²) in [7, 11) is 0. The lowest BCUT2D eigenvalue weighted by Crippen LogP contribution is -2.34. The Morgan fingerprint density at radius 3 is 2.77 bits per heavy atom. The van der Waals surface area contributed by atoms with Gasteiger partial charge in [-0.15, -0.1) is 11.8 Å². The van der Waals surface area contributed by atoms with E-state index >= 15 is 0 Å². The Morgan fingerprint density at radius 2 is 2.18 bits per heavy atom. The van der Waals surface area contributed by atoms with Crippen LogP contribution < -0.4 is 16.2 Å². The van der Waals surface area contributed by atoms with Crippen molar-refractivity contribution in [1.82, 2.24) is 5.32 Å².